The first-order valence-electron chi connectivity index (χ1n) is 12.5. The largest absolute Gasteiger partial charge is 0.450 e. The molecule has 2 aliphatic rings. The molecule has 1 fully saturated rings. The zero-order chi connectivity index (χ0) is 26.6. The minimum atomic E-state index is -0.478. The number of rotatable bonds is 6. The Kier molecular flexibility index (Phi) is 8.06. The molecule has 38 heavy (non-hydrogen) atoms. The Morgan fingerprint density at radius 3 is 2.76 bits per heavy atom. The third-order valence-corrected chi connectivity index (χ3v) is 8.07. The summed E-state index contributed by atoms with van der Waals surface area (Å²) in [5, 5.41) is 4.20. The van der Waals surface area contributed by atoms with E-state index in [2.05, 4.69) is 20.2 Å². The number of ether oxygens (including phenoxy) is 1. The summed E-state index contributed by atoms with van der Waals surface area (Å²) in [5.41, 5.74) is 1.77. The van der Waals surface area contributed by atoms with Gasteiger partial charge in [-0.1, -0.05) is 17.7 Å². The summed E-state index contributed by atoms with van der Waals surface area (Å²) in [6, 6.07) is 4.45. The molecule has 0 radical (unpaired) electrons. The van der Waals surface area contributed by atoms with Crippen LogP contribution in [0.5, 0.6) is 0 Å². The number of carbonyl (C=O) groups is 2. The van der Waals surface area contributed by atoms with Crippen LogP contribution in [-0.2, 0) is 22.5 Å². The zero-order valence-electron chi connectivity index (χ0n) is 21.0. The van der Waals surface area contributed by atoms with Crippen molar-refractivity contribution in [1.82, 2.24) is 24.7 Å². The van der Waals surface area contributed by atoms with E-state index in [-0.39, 0.29) is 17.0 Å². The highest BCUT2D eigenvalue weighted by Gasteiger charge is 2.26. The van der Waals surface area contributed by atoms with Crippen LogP contribution in [0.15, 0.2) is 36.7 Å². The van der Waals surface area contributed by atoms with Gasteiger partial charge in [-0.15, -0.1) is 11.3 Å². The average Bonchev–Trinajstić information content (AvgIpc) is 3.30. The normalized spacial score (nSPS) is 16.2. The third kappa shape index (κ3) is 5.74. The minimum absolute atomic E-state index is 0.0244. The van der Waals surface area contributed by atoms with Gasteiger partial charge in [0.15, 0.2) is 0 Å². The van der Waals surface area contributed by atoms with Gasteiger partial charge < -0.3 is 19.9 Å². The van der Waals surface area contributed by atoms with Gasteiger partial charge in [-0.05, 0) is 37.1 Å². The maximum atomic E-state index is 13.6. The molecule has 0 spiro atoms. The van der Waals surface area contributed by atoms with Crippen LogP contribution in [-0.4, -0.2) is 82.5 Å². The fraction of sp³-hybridized carbons (Fsp3) is 0.385. The molecule has 0 saturated carbocycles. The molecule has 1 N–H and O–H groups in total. The van der Waals surface area contributed by atoms with Gasteiger partial charge in [0.2, 0.25) is 5.91 Å². The molecule has 1 saturated heterocycles. The molecule has 4 heterocycles. The van der Waals surface area contributed by atoms with Crippen LogP contribution < -0.4 is 5.32 Å². The predicted octanol–water partition coefficient (Wildman–Crippen LogP) is 4.44. The first-order chi connectivity index (χ1) is 18.4. The number of piperazine rings is 1. The van der Waals surface area contributed by atoms with Gasteiger partial charge in [0, 0.05) is 55.9 Å². The molecule has 0 bridgehead atoms. The van der Waals surface area contributed by atoms with E-state index in [1.807, 2.05) is 11.0 Å². The van der Waals surface area contributed by atoms with Gasteiger partial charge in [-0.2, -0.15) is 0 Å². The second-order valence-electron chi connectivity index (χ2n) is 9.06. The second kappa shape index (κ2) is 11.6. The molecule has 0 unspecified atom stereocenters. The van der Waals surface area contributed by atoms with Crippen molar-refractivity contribution >= 4 is 56.7 Å². The van der Waals surface area contributed by atoms with Crippen LogP contribution in [0.1, 0.15) is 17.4 Å². The lowest BCUT2D eigenvalue weighted by molar-refractivity contribution is -0.126. The number of hydrogen-bond donors (Lipinski definition) is 1. The number of nitrogens with one attached hydrogen (secondary N) is 1. The Balaban J connectivity index is 1.20. The van der Waals surface area contributed by atoms with Crippen molar-refractivity contribution in [3.05, 3.63) is 58.0 Å². The molecule has 2 aromatic heterocycles. The number of carbonyl (C=O) groups excluding carboxylic acids is 2. The lowest BCUT2D eigenvalue weighted by Gasteiger charge is -2.33. The Morgan fingerprint density at radius 2 is 2.00 bits per heavy atom. The average molecular weight is 559 g/mol. The Morgan fingerprint density at radius 1 is 1.18 bits per heavy atom. The van der Waals surface area contributed by atoms with Crippen LogP contribution in [0.2, 0.25) is 5.02 Å². The summed E-state index contributed by atoms with van der Waals surface area (Å²) in [4.78, 5) is 41.3. The summed E-state index contributed by atoms with van der Waals surface area (Å²) < 4.78 is 18.6. The van der Waals surface area contributed by atoms with Crippen molar-refractivity contribution in [2.75, 3.05) is 51.2 Å². The van der Waals surface area contributed by atoms with Crippen molar-refractivity contribution in [3.8, 4) is 0 Å². The van der Waals surface area contributed by atoms with Gasteiger partial charge in [0.1, 0.15) is 22.8 Å². The van der Waals surface area contributed by atoms with E-state index in [0.29, 0.717) is 57.3 Å². The maximum absolute atomic E-state index is 13.6. The molecule has 5 rings (SSSR count). The number of halogens is 2. The van der Waals surface area contributed by atoms with Crippen LogP contribution in [0.25, 0.3) is 10.2 Å². The summed E-state index contributed by atoms with van der Waals surface area (Å²) in [6.45, 7) is 6.67. The number of benzene rings is 1. The Hall–Kier alpha value is -3.28. The molecule has 3 aromatic rings. The van der Waals surface area contributed by atoms with Gasteiger partial charge in [0.05, 0.1) is 23.6 Å². The summed E-state index contributed by atoms with van der Waals surface area (Å²) in [7, 11) is 0. The van der Waals surface area contributed by atoms with E-state index in [9.17, 15) is 14.0 Å². The van der Waals surface area contributed by atoms with Gasteiger partial charge >= 0.3 is 6.09 Å². The van der Waals surface area contributed by atoms with Crippen molar-refractivity contribution in [2.45, 2.75) is 19.9 Å². The molecule has 200 valence electrons. The molecule has 12 heteroatoms. The van der Waals surface area contributed by atoms with Gasteiger partial charge in [0.25, 0.3) is 0 Å². The fourth-order valence-electron chi connectivity index (χ4n) is 4.66. The molecular weight excluding hydrogens is 531 g/mol. The van der Waals surface area contributed by atoms with Crippen molar-refractivity contribution in [1.29, 1.82) is 0 Å². The van der Waals surface area contributed by atoms with E-state index >= 15 is 0 Å². The highest BCUT2D eigenvalue weighted by atomic mass is 35.5. The topological polar surface area (TPSA) is 90.9 Å². The molecule has 0 aliphatic carbocycles. The Labute approximate surface area is 228 Å². The summed E-state index contributed by atoms with van der Waals surface area (Å²) in [6.07, 6.45) is 5.45. The van der Waals surface area contributed by atoms with Gasteiger partial charge in [-0.3, -0.25) is 9.69 Å². The quantitative estimate of drug-likeness (QED) is 0.447. The van der Waals surface area contributed by atoms with E-state index < -0.39 is 5.82 Å². The van der Waals surface area contributed by atoms with Gasteiger partial charge in [-0.25, -0.2) is 19.2 Å². The standard InChI is InChI=1S/C26H28ClFN6O3S/c1-2-37-26(36)33-12-10-32(11-13-33)8-3-4-22(35)34-9-7-18-21(15-34)38-25-23(18)24(29-16-30-25)31-17-5-6-20(28)19(27)14-17/h3-6,14,16H,2,7-13,15H2,1H3,(H,29,30,31)/b4-3+. The number of hydrogen-bond acceptors (Lipinski definition) is 8. The zero-order valence-corrected chi connectivity index (χ0v) is 22.5. The molecule has 2 aliphatic heterocycles. The number of thiophene rings is 1. The van der Waals surface area contributed by atoms with Crippen molar-refractivity contribution in [2.24, 2.45) is 0 Å². The van der Waals surface area contributed by atoms with Crippen LogP contribution in [0.3, 0.4) is 0 Å². The van der Waals surface area contributed by atoms with E-state index in [1.165, 1.54) is 18.5 Å². The number of anilines is 2. The fourth-order valence-corrected chi connectivity index (χ4v) is 6.04. The maximum Gasteiger partial charge on any atom is 0.409 e. The molecular formula is C26H28ClFN6O3S. The molecule has 1 aromatic carbocycles. The van der Waals surface area contributed by atoms with Crippen molar-refractivity contribution in [3.63, 3.8) is 0 Å². The smallest absolute Gasteiger partial charge is 0.409 e. The first kappa shape index (κ1) is 26.3. The van der Waals surface area contributed by atoms with E-state index in [1.54, 1.807) is 35.3 Å². The summed E-state index contributed by atoms with van der Waals surface area (Å²) in [5.74, 6) is 0.134. The van der Waals surface area contributed by atoms with Crippen LogP contribution in [0.4, 0.5) is 20.7 Å². The highest BCUT2D eigenvalue weighted by Crippen LogP contribution is 2.38. The minimum Gasteiger partial charge on any atom is -0.450 e. The van der Waals surface area contributed by atoms with E-state index in [0.717, 1.165) is 33.7 Å². The SMILES string of the molecule is CCOC(=O)N1CCN(C/C=C/C(=O)N2CCc3c(sc4ncnc(Nc5ccc(F)c(Cl)c5)c34)C2)CC1. The van der Waals surface area contributed by atoms with Crippen molar-refractivity contribution < 1.29 is 18.7 Å². The number of aromatic nitrogens is 2. The number of amides is 2. The Bertz CT molecular complexity index is 1370. The molecule has 2 amide bonds. The third-order valence-electron chi connectivity index (χ3n) is 6.65. The van der Waals surface area contributed by atoms with Crippen LogP contribution in [0, 0.1) is 5.82 Å². The second-order valence-corrected chi connectivity index (χ2v) is 10.5. The monoisotopic (exact) mass is 558 g/mol. The molecule has 9 nitrogen and oxygen atoms in total. The lowest BCUT2D eigenvalue weighted by Crippen LogP contribution is -2.48. The highest BCUT2D eigenvalue weighted by molar-refractivity contribution is 7.19. The molecule has 0 atom stereocenters. The number of fused-ring (bicyclic) bond motifs is 3. The number of nitrogens with zero attached hydrogens (tertiary/aromatic N) is 5. The first-order valence-corrected chi connectivity index (χ1v) is 13.7. The van der Waals surface area contributed by atoms with Crippen LogP contribution >= 0.6 is 22.9 Å². The predicted molar refractivity (Wildman–Crippen MR) is 145 cm³/mol. The lowest BCUT2D eigenvalue weighted by atomic mass is 10.0. The van der Waals surface area contributed by atoms with E-state index in [4.69, 9.17) is 16.3 Å². The summed E-state index contributed by atoms with van der Waals surface area (Å²) >= 11 is 7.49.